The number of hydrogen-bond donors (Lipinski definition) is 0. The monoisotopic (exact) mass is 500 g/mol. The first-order chi connectivity index (χ1) is 17.9. The van der Waals surface area contributed by atoms with Crippen LogP contribution in [0.2, 0.25) is 0 Å². The van der Waals surface area contributed by atoms with Crippen molar-refractivity contribution in [1.82, 2.24) is 0 Å². The van der Waals surface area contributed by atoms with Crippen LogP contribution in [0, 0.1) is 10.1 Å². The van der Waals surface area contributed by atoms with Crippen molar-refractivity contribution in [3.05, 3.63) is 105 Å². The molecule has 10 heteroatoms. The Morgan fingerprint density at radius 2 is 1.78 bits per heavy atom. The molecule has 0 amide bonds. The number of nitrogens with zero attached hydrogens (tertiary/aromatic N) is 2. The molecule has 1 aliphatic heterocycles. The van der Waals surface area contributed by atoms with Gasteiger partial charge in [0.15, 0.2) is 17.2 Å². The van der Waals surface area contributed by atoms with E-state index in [-0.39, 0.29) is 28.8 Å². The summed E-state index contributed by atoms with van der Waals surface area (Å²) in [6.07, 6.45) is 4.08. The second-order valence-corrected chi connectivity index (χ2v) is 7.58. The lowest BCUT2D eigenvalue weighted by Crippen LogP contribution is -2.05. The number of methoxy groups -OCH3 is 2. The van der Waals surface area contributed by atoms with Crippen LogP contribution in [0.15, 0.2) is 83.5 Å². The fourth-order valence-corrected chi connectivity index (χ4v) is 3.35. The number of cyclic esters (lactones) is 1. The second kappa shape index (κ2) is 11.0. The number of carbonyl (C=O) groups is 2. The van der Waals surface area contributed by atoms with Gasteiger partial charge in [-0.05, 0) is 53.6 Å². The van der Waals surface area contributed by atoms with Gasteiger partial charge in [0.2, 0.25) is 5.90 Å². The Morgan fingerprint density at radius 1 is 0.973 bits per heavy atom. The van der Waals surface area contributed by atoms with E-state index in [1.54, 1.807) is 42.5 Å². The van der Waals surface area contributed by atoms with Crippen molar-refractivity contribution in [2.24, 2.45) is 4.99 Å². The molecule has 0 radical (unpaired) electrons. The number of esters is 2. The number of hydrogen-bond acceptors (Lipinski definition) is 9. The molecule has 0 bridgehead atoms. The molecule has 10 nitrogen and oxygen atoms in total. The molecule has 186 valence electrons. The molecule has 1 heterocycles. The third kappa shape index (κ3) is 6.06. The number of nitro benzene ring substituents is 1. The molecule has 0 fully saturated rings. The molecule has 0 saturated heterocycles. The normalized spacial score (nSPS) is 13.8. The molecule has 37 heavy (non-hydrogen) atoms. The summed E-state index contributed by atoms with van der Waals surface area (Å²) < 4.78 is 21.2. The lowest BCUT2D eigenvalue weighted by Gasteiger charge is -2.08. The summed E-state index contributed by atoms with van der Waals surface area (Å²) in [5.74, 6) is -0.171. The van der Waals surface area contributed by atoms with E-state index >= 15 is 0 Å². The van der Waals surface area contributed by atoms with Crippen LogP contribution in [0.25, 0.3) is 12.2 Å². The Morgan fingerprint density at radius 3 is 2.54 bits per heavy atom. The van der Waals surface area contributed by atoms with Crippen LogP contribution in [0.4, 0.5) is 5.69 Å². The minimum Gasteiger partial charge on any atom is -0.497 e. The van der Waals surface area contributed by atoms with Gasteiger partial charge in [0.25, 0.3) is 5.69 Å². The second-order valence-electron chi connectivity index (χ2n) is 7.58. The number of non-ortho nitro benzene ring substituents is 1. The highest BCUT2D eigenvalue weighted by atomic mass is 16.6. The van der Waals surface area contributed by atoms with Crippen molar-refractivity contribution >= 4 is 35.7 Å². The van der Waals surface area contributed by atoms with Crippen molar-refractivity contribution in [2.75, 3.05) is 14.2 Å². The zero-order valence-electron chi connectivity index (χ0n) is 19.7. The van der Waals surface area contributed by atoms with E-state index in [0.29, 0.717) is 22.4 Å². The number of nitro groups is 1. The lowest BCUT2D eigenvalue weighted by molar-refractivity contribution is -0.384. The van der Waals surface area contributed by atoms with Gasteiger partial charge < -0.3 is 18.9 Å². The van der Waals surface area contributed by atoms with Crippen molar-refractivity contribution in [2.45, 2.75) is 0 Å². The van der Waals surface area contributed by atoms with E-state index in [0.717, 1.165) is 6.08 Å². The molecular weight excluding hydrogens is 480 g/mol. The van der Waals surface area contributed by atoms with Crippen LogP contribution in [0.1, 0.15) is 16.7 Å². The first kappa shape index (κ1) is 24.9. The maximum atomic E-state index is 12.3. The molecule has 0 atom stereocenters. The molecule has 0 saturated carbocycles. The predicted octanol–water partition coefficient (Wildman–Crippen LogP) is 4.58. The Kier molecular flexibility index (Phi) is 7.39. The molecule has 0 aliphatic carbocycles. The van der Waals surface area contributed by atoms with Gasteiger partial charge in [-0.2, -0.15) is 0 Å². The Bertz CT molecular complexity index is 1470. The summed E-state index contributed by atoms with van der Waals surface area (Å²) in [7, 11) is 2.94. The van der Waals surface area contributed by atoms with Crippen LogP contribution in [-0.4, -0.2) is 37.0 Å². The van der Waals surface area contributed by atoms with Crippen LogP contribution < -0.4 is 14.2 Å². The van der Waals surface area contributed by atoms with Crippen molar-refractivity contribution in [3.63, 3.8) is 0 Å². The van der Waals surface area contributed by atoms with E-state index in [2.05, 4.69) is 4.99 Å². The molecule has 1 aliphatic rings. The largest absolute Gasteiger partial charge is 0.497 e. The molecule has 4 rings (SSSR count). The molecule has 0 aromatic heterocycles. The van der Waals surface area contributed by atoms with Crippen LogP contribution in [-0.2, 0) is 14.3 Å². The van der Waals surface area contributed by atoms with Gasteiger partial charge in [-0.3, -0.25) is 10.1 Å². The van der Waals surface area contributed by atoms with E-state index in [4.69, 9.17) is 18.9 Å². The fourth-order valence-electron chi connectivity index (χ4n) is 3.35. The van der Waals surface area contributed by atoms with E-state index in [1.807, 2.05) is 0 Å². The van der Waals surface area contributed by atoms with Gasteiger partial charge in [-0.15, -0.1) is 0 Å². The maximum Gasteiger partial charge on any atom is 0.363 e. The molecule has 0 N–H and O–H groups in total. The number of aliphatic imine (C=N–C) groups is 1. The summed E-state index contributed by atoms with van der Waals surface area (Å²) in [6.45, 7) is 0. The number of carbonyl (C=O) groups excluding carboxylic acids is 2. The lowest BCUT2D eigenvalue weighted by atomic mass is 10.1. The third-order valence-corrected chi connectivity index (χ3v) is 5.13. The summed E-state index contributed by atoms with van der Waals surface area (Å²) in [5.41, 5.74) is 1.62. The molecule has 0 spiro atoms. The van der Waals surface area contributed by atoms with Gasteiger partial charge in [-0.1, -0.05) is 24.3 Å². The van der Waals surface area contributed by atoms with Gasteiger partial charge in [0.05, 0.1) is 19.1 Å². The predicted molar refractivity (Wildman–Crippen MR) is 134 cm³/mol. The van der Waals surface area contributed by atoms with Gasteiger partial charge in [-0.25, -0.2) is 14.6 Å². The average molecular weight is 500 g/mol. The van der Waals surface area contributed by atoms with E-state index in [1.165, 1.54) is 50.6 Å². The minimum absolute atomic E-state index is 0.0875. The highest BCUT2D eigenvalue weighted by Crippen LogP contribution is 2.30. The van der Waals surface area contributed by atoms with Gasteiger partial charge >= 0.3 is 11.9 Å². The standard InChI is InChI=1S/C27H20N2O8/c1-34-21-8-4-6-19(16-21)26-28-22(27(31)37-26)14-18-9-11-23(24(15-18)35-2)36-25(30)12-10-17-5-3-7-20(13-17)29(32)33/h3-16H,1-2H3/b12-10+,22-14-. The zero-order chi connectivity index (χ0) is 26.4. The smallest absolute Gasteiger partial charge is 0.363 e. The zero-order valence-corrected chi connectivity index (χ0v) is 19.7. The summed E-state index contributed by atoms with van der Waals surface area (Å²) >= 11 is 0. The quantitative estimate of drug-likeness (QED) is 0.145. The highest BCUT2D eigenvalue weighted by Gasteiger charge is 2.24. The molecular formula is C27H20N2O8. The fraction of sp³-hybridized carbons (Fsp3) is 0.0741. The molecule has 3 aromatic rings. The van der Waals surface area contributed by atoms with Gasteiger partial charge in [0, 0.05) is 23.8 Å². The topological polar surface area (TPSA) is 127 Å². The van der Waals surface area contributed by atoms with Crippen LogP contribution in [0.3, 0.4) is 0 Å². The van der Waals surface area contributed by atoms with Crippen molar-refractivity contribution in [1.29, 1.82) is 0 Å². The SMILES string of the molecule is COc1cccc(C2=N/C(=C\c3ccc(OC(=O)/C=C/c4cccc([N+](=O)[O-])c4)c(OC)c3)C(=O)O2)c1. The number of benzene rings is 3. The first-order valence-electron chi connectivity index (χ1n) is 10.9. The Labute approximate surface area is 211 Å². The number of rotatable bonds is 8. The minimum atomic E-state index is -0.706. The Balaban J connectivity index is 1.50. The summed E-state index contributed by atoms with van der Waals surface area (Å²) in [5, 5.41) is 10.9. The summed E-state index contributed by atoms with van der Waals surface area (Å²) in [4.78, 5) is 39.3. The van der Waals surface area contributed by atoms with Crippen LogP contribution >= 0.6 is 0 Å². The highest BCUT2D eigenvalue weighted by molar-refractivity contribution is 6.13. The summed E-state index contributed by atoms with van der Waals surface area (Å²) in [6, 6.07) is 17.5. The molecule has 3 aromatic carbocycles. The van der Waals surface area contributed by atoms with Crippen molar-refractivity contribution < 1.29 is 33.5 Å². The van der Waals surface area contributed by atoms with Crippen LogP contribution in [0.5, 0.6) is 17.2 Å². The Hall–Kier alpha value is -5.25. The molecule has 0 unspecified atom stereocenters. The first-order valence-corrected chi connectivity index (χ1v) is 10.9. The average Bonchev–Trinajstić information content (AvgIpc) is 3.28. The number of ether oxygens (including phenoxy) is 4. The van der Waals surface area contributed by atoms with E-state index in [9.17, 15) is 19.7 Å². The van der Waals surface area contributed by atoms with Gasteiger partial charge in [0.1, 0.15) is 5.75 Å². The third-order valence-electron chi connectivity index (χ3n) is 5.13. The van der Waals surface area contributed by atoms with Crippen molar-refractivity contribution in [3.8, 4) is 17.2 Å². The maximum absolute atomic E-state index is 12.3. The van der Waals surface area contributed by atoms with E-state index < -0.39 is 16.9 Å².